The maximum absolute atomic E-state index is 13.5. The van der Waals surface area contributed by atoms with Gasteiger partial charge in [0.2, 0.25) is 11.8 Å². The van der Waals surface area contributed by atoms with Crippen LogP contribution in [-0.4, -0.2) is 61.9 Å². The molecular formula is C20H29FIN5O2. The number of nitrogens with one attached hydrogen (secondary N) is 2. The van der Waals surface area contributed by atoms with E-state index < -0.39 is 0 Å². The van der Waals surface area contributed by atoms with Gasteiger partial charge < -0.3 is 15.5 Å². The number of guanidine groups is 1. The van der Waals surface area contributed by atoms with Crippen molar-refractivity contribution >= 4 is 47.4 Å². The second-order valence-electron chi connectivity index (χ2n) is 7.20. The molecule has 0 bridgehead atoms. The molecule has 0 spiro atoms. The van der Waals surface area contributed by atoms with Crippen LogP contribution < -0.4 is 15.5 Å². The van der Waals surface area contributed by atoms with Crippen molar-refractivity contribution in [3.05, 3.63) is 30.1 Å². The monoisotopic (exact) mass is 517 g/mol. The van der Waals surface area contributed by atoms with Gasteiger partial charge in [0.25, 0.3) is 0 Å². The first-order valence-electron chi connectivity index (χ1n) is 9.87. The Morgan fingerprint density at radius 3 is 2.69 bits per heavy atom. The SMILES string of the molecule is CN=C(NCCN1C(=O)CCCC1=O)NC1CCCN(c2cccc(F)c2)C1.I. The Hall–Kier alpha value is -1.91. The zero-order chi connectivity index (χ0) is 19.9. The zero-order valence-corrected chi connectivity index (χ0v) is 19.0. The van der Waals surface area contributed by atoms with Crippen molar-refractivity contribution in [1.29, 1.82) is 0 Å². The van der Waals surface area contributed by atoms with Gasteiger partial charge in [-0.3, -0.25) is 19.5 Å². The van der Waals surface area contributed by atoms with Gasteiger partial charge in [-0.1, -0.05) is 6.07 Å². The molecule has 2 heterocycles. The molecule has 1 atom stereocenters. The first-order chi connectivity index (χ1) is 13.6. The van der Waals surface area contributed by atoms with Crippen molar-refractivity contribution in [2.75, 3.05) is 38.1 Å². The summed E-state index contributed by atoms with van der Waals surface area (Å²) in [6, 6.07) is 6.84. The molecular weight excluding hydrogens is 488 g/mol. The molecule has 0 aliphatic carbocycles. The highest BCUT2D eigenvalue weighted by molar-refractivity contribution is 14.0. The minimum Gasteiger partial charge on any atom is -0.369 e. The lowest BCUT2D eigenvalue weighted by atomic mass is 10.0. The number of aliphatic imine (C=N–C) groups is 1. The summed E-state index contributed by atoms with van der Waals surface area (Å²) in [5.74, 6) is 0.216. The second kappa shape index (κ2) is 11.3. The Balaban J connectivity index is 0.00000300. The maximum atomic E-state index is 13.5. The van der Waals surface area contributed by atoms with Crippen LogP contribution in [0, 0.1) is 5.82 Å². The number of likely N-dealkylation sites (tertiary alicyclic amines) is 1. The molecule has 2 N–H and O–H groups in total. The number of hydrogen-bond acceptors (Lipinski definition) is 4. The maximum Gasteiger partial charge on any atom is 0.229 e. The molecule has 29 heavy (non-hydrogen) atoms. The fourth-order valence-electron chi connectivity index (χ4n) is 3.73. The molecule has 7 nitrogen and oxygen atoms in total. The van der Waals surface area contributed by atoms with Crippen LogP contribution in [-0.2, 0) is 9.59 Å². The van der Waals surface area contributed by atoms with Gasteiger partial charge in [-0.15, -0.1) is 24.0 Å². The molecule has 160 valence electrons. The van der Waals surface area contributed by atoms with Crippen LogP contribution in [0.25, 0.3) is 0 Å². The summed E-state index contributed by atoms with van der Waals surface area (Å²) < 4.78 is 13.5. The summed E-state index contributed by atoms with van der Waals surface area (Å²) in [4.78, 5) is 31.5. The van der Waals surface area contributed by atoms with E-state index >= 15 is 0 Å². The quantitative estimate of drug-likeness (QED) is 0.271. The molecule has 2 aliphatic rings. The topological polar surface area (TPSA) is 77.0 Å². The Bertz CT molecular complexity index is 729. The highest BCUT2D eigenvalue weighted by Crippen LogP contribution is 2.20. The van der Waals surface area contributed by atoms with Crippen LogP contribution in [0.1, 0.15) is 32.1 Å². The molecule has 3 rings (SSSR count). The van der Waals surface area contributed by atoms with Gasteiger partial charge in [0.05, 0.1) is 0 Å². The summed E-state index contributed by atoms with van der Waals surface area (Å²) in [5, 5.41) is 6.58. The predicted octanol–water partition coefficient (Wildman–Crippen LogP) is 2.12. The van der Waals surface area contributed by atoms with Crippen molar-refractivity contribution in [1.82, 2.24) is 15.5 Å². The standard InChI is InChI=1S/C20H28FN5O2.HI/c1-22-20(23-10-12-26-18(27)8-3-9-19(26)28)24-16-6-4-11-25(14-16)17-7-2-5-15(21)13-17;/h2,5,7,13,16H,3-4,6,8-12,14H2,1H3,(H2,22,23,24);1H. The molecule has 0 aromatic heterocycles. The number of rotatable bonds is 5. The fraction of sp³-hybridized carbons (Fsp3) is 0.550. The molecule has 1 unspecified atom stereocenters. The van der Waals surface area contributed by atoms with Crippen molar-refractivity contribution in [3.8, 4) is 0 Å². The van der Waals surface area contributed by atoms with Crippen LogP contribution >= 0.6 is 24.0 Å². The Morgan fingerprint density at radius 2 is 2.00 bits per heavy atom. The zero-order valence-electron chi connectivity index (χ0n) is 16.7. The van der Waals surface area contributed by atoms with Gasteiger partial charge in [0, 0.05) is 57.8 Å². The molecule has 1 aromatic carbocycles. The Kier molecular flexibility index (Phi) is 9.12. The lowest BCUT2D eigenvalue weighted by Gasteiger charge is -2.35. The molecule has 2 aliphatic heterocycles. The van der Waals surface area contributed by atoms with Crippen molar-refractivity contribution in [2.24, 2.45) is 4.99 Å². The smallest absolute Gasteiger partial charge is 0.229 e. The number of carbonyl (C=O) groups excluding carboxylic acids is 2. The number of benzene rings is 1. The van der Waals surface area contributed by atoms with E-state index in [9.17, 15) is 14.0 Å². The molecule has 0 radical (unpaired) electrons. The first kappa shape index (κ1) is 23.4. The van der Waals surface area contributed by atoms with E-state index in [0.717, 1.165) is 31.6 Å². The number of halogens is 2. The van der Waals surface area contributed by atoms with Crippen molar-refractivity contribution in [2.45, 2.75) is 38.1 Å². The minimum absolute atomic E-state index is 0. The summed E-state index contributed by atoms with van der Waals surface area (Å²) >= 11 is 0. The van der Waals surface area contributed by atoms with Gasteiger partial charge in [-0.05, 0) is 37.5 Å². The van der Waals surface area contributed by atoms with E-state index in [1.54, 1.807) is 19.2 Å². The second-order valence-corrected chi connectivity index (χ2v) is 7.20. The predicted molar refractivity (Wildman–Crippen MR) is 122 cm³/mol. The number of piperidine rings is 2. The van der Waals surface area contributed by atoms with Gasteiger partial charge in [-0.2, -0.15) is 0 Å². The molecule has 9 heteroatoms. The molecule has 2 amide bonds. The van der Waals surface area contributed by atoms with Crippen LogP contribution in [0.2, 0.25) is 0 Å². The number of nitrogens with zero attached hydrogens (tertiary/aromatic N) is 3. The highest BCUT2D eigenvalue weighted by Gasteiger charge is 2.25. The number of anilines is 1. The van der Waals surface area contributed by atoms with Gasteiger partial charge >= 0.3 is 0 Å². The molecule has 2 saturated heterocycles. The summed E-state index contributed by atoms with van der Waals surface area (Å²) in [5.41, 5.74) is 0.886. The van der Waals surface area contributed by atoms with Crippen LogP contribution in [0.3, 0.4) is 0 Å². The van der Waals surface area contributed by atoms with E-state index in [2.05, 4.69) is 20.5 Å². The van der Waals surface area contributed by atoms with Crippen LogP contribution in [0.5, 0.6) is 0 Å². The summed E-state index contributed by atoms with van der Waals surface area (Å²) in [6.45, 7) is 2.45. The van der Waals surface area contributed by atoms with E-state index in [0.29, 0.717) is 38.3 Å². The third kappa shape index (κ3) is 6.55. The summed E-state index contributed by atoms with van der Waals surface area (Å²) in [7, 11) is 1.69. The Labute approximate surface area is 188 Å². The lowest BCUT2D eigenvalue weighted by Crippen LogP contribution is -2.52. The highest BCUT2D eigenvalue weighted by atomic mass is 127. The van der Waals surface area contributed by atoms with Gasteiger partial charge in [-0.25, -0.2) is 4.39 Å². The molecule has 1 aromatic rings. The Morgan fingerprint density at radius 1 is 1.24 bits per heavy atom. The van der Waals surface area contributed by atoms with E-state index in [1.165, 1.54) is 11.0 Å². The number of amides is 2. The lowest BCUT2D eigenvalue weighted by molar-refractivity contribution is -0.147. The van der Waals surface area contributed by atoms with Crippen LogP contribution in [0.4, 0.5) is 10.1 Å². The van der Waals surface area contributed by atoms with Gasteiger partial charge in [0.15, 0.2) is 5.96 Å². The van der Waals surface area contributed by atoms with Crippen molar-refractivity contribution in [3.63, 3.8) is 0 Å². The largest absolute Gasteiger partial charge is 0.369 e. The fourth-order valence-corrected chi connectivity index (χ4v) is 3.73. The van der Waals surface area contributed by atoms with Crippen LogP contribution in [0.15, 0.2) is 29.3 Å². The summed E-state index contributed by atoms with van der Waals surface area (Å²) in [6.07, 6.45) is 3.53. The van der Waals surface area contributed by atoms with E-state index in [4.69, 9.17) is 0 Å². The van der Waals surface area contributed by atoms with Gasteiger partial charge in [0.1, 0.15) is 5.82 Å². The third-order valence-corrected chi connectivity index (χ3v) is 5.17. The molecule has 0 saturated carbocycles. The number of imide groups is 1. The number of hydrogen-bond donors (Lipinski definition) is 2. The van der Waals surface area contributed by atoms with E-state index in [1.807, 2.05) is 6.07 Å². The number of carbonyl (C=O) groups is 2. The minimum atomic E-state index is -0.230. The first-order valence-corrected chi connectivity index (χ1v) is 9.87. The molecule has 2 fully saturated rings. The average molecular weight is 517 g/mol. The normalized spacial score (nSPS) is 20.3. The van der Waals surface area contributed by atoms with E-state index in [-0.39, 0.29) is 47.7 Å². The van der Waals surface area contributed by atoms with Crippen molar-refractivity contribution < 1.29 is 14.0 Å². The average Bonchev–Trinajstić information content (AvgIpc) is 2.69. The third-order valence-electron chi connectivity index (χ3n) is 5.17.